The van der Waals surface area contributed by atoms with Gasteiger partial charge in [0.25, 0.3) is 5.91 Å². The average molecular weight is 378 g/mol. The zero-order valence-corrected chi connectivity index (χ0v) is 14.7. The SMILES string of the molecule is CCn1cc(CNC(=O)c2cn(CC)c3c(F)c(F)c(F)cc3c2=O)cn1. The Hall–Kier alpha value is -3.10. The van der Waals surface area contributed by atoms with Gasteiger partial charge in [0.1, 0.15) is 5.56 Å². The summed E-state index contributed by atoms with van der Waals surface area (Å²) >= 11 is 0. The third kappa shape index (κ3) is 3.32. The van der Waals surface area contributed by atoms with Gasteiger partial charge in [0, 0.05) is 37.6 Å². The highest BCUT2D eigenvalue weighted by atomic mass is 19.2. The summed E-state index contributed by atoms with van der Waals surface area (Å²) in [6.45, 7) is 4.51. The number of halogens is 3. The molecule has 9 heteroatoms. The van der Waals surface area contributed by atoms with Gasteiger partial charge in [-0.3, -0.25) is 14.3 Å². The lowest BCUT2D eigenvalue weighted by Gasteiger charge is -2.13. The molecule has 2 heterocycles. The van der Waals surface area contributed by atoms with Crippen LogP contribution in [0.15, 0.2) is 29.5 Å². The Morgan fingerprint density at radius 2 is 1.89 bits per heavy atom. The number of aromatic nitrogens is 3. The van der Waals surface area contributed by atoms with Crippen LogP contribution in [0.5, 0.6) is 0 Å². The van der Waals surface area contributed by atoms with Crippen molar-refractivity contribution in [3.63, 3.8) is 0 Å². The maximum Gasteiger partial charge on any atom is 0.257 e. The van der Waals surface area contributed by atoms with Crippen LogP contribution in [0.4, 0.5) is 13.2 Å². The van der Waals surface area contributed by atoms with Gasteiger partial charge >= 0.3 is 0 Å². The van der Waals surface area contributed by atoms with Crippen LogP contribution in [-0.4, -0.2) is 20.3 Å². The predicted molar refractivity (Wildman–Crippen MR) is 92.8 cm³/mol. The molecule has 6 nitrogen and oxygen atoms in total. The average Bonchev–Trinajstić information content (AvgIpc) is 3.13. The minimum atomic E-state index is -1.66. The van der Waals surface area contributed by atoms with E-state index in [1.54, 1.807) is 24.0 Å². The largest absolute Gasteiger partial charge is 0.348 e. The van der Waals surface area contributed by atoms with E-state index in [0.717, 1.165) is 11.8 Å². The molecule has 0 saturated heterocycles. The summed E-state index contributed by atoms with van der Waals surface area (Å²) in [5, 5.41) is 6.27. The van der Waals surface area contributed by atoms with Crippen molar-refractivity contribution >= 4 is 16.8 Å². The summed E-state index contributed by atoms with van der Waals surface area (Å²) < 4.78 is 44.2. The number of aryl methyl sites for hydroxylation is 2. The second kappa shape index (κ2) is 7.26. The van der Waals surface area contributed by atoms with Gasteiger partial charge in [0.05, 0.1) is 17.1 Å². The number of carbonyl (C=O) groups is 1. The summed E-state index contributed by atoms with van der Waals surface area (Å²) in [7, 11) is 0. The van der Waals surface area contributed by atoms with Gasteiger partial charge in [-0.2, -0.15) is 5.10 Å². The number of amides is 1. The van der Waals surface area contributed by atoms with Crippen molar-refractivity contribution in [2.24, 2.45) is 0 Å². The Morgan fingerprint density at radius 1 is 1.15 bits per heavy atom. The lowest BCUT2D eigenvalue weighted by atomic mass is 10.1. The molecule has 0 aliphatic heterocycles. The van der Waals surface area contributed by atoms with E-state index in [0.29, 0.717) is 12.6 Å². The van der Waals surface area contributed by atoms with Crippen LogP contribution in [0.1, 0.15) is 29.8 Å². The van der Waals surface area contributed by atoms with Crippen molar-refractivity contribution in [2.75, 3.05) is 0 Å². The van der Waals surface area contributed by atoms with E-state index in [1.807, 2.05) is 6.92 Å². The zero-order chi connectivity index (χ0) is 19.7. The molecule has 1 N–H and O–H groups in total. The Bertz CT molecular complexity index is 1090. The van der Waals surface area contributed by atoms with Crippen molar-refractivity contribution < 1.29 is 18.0 Å². The van der Waals surface area contributed by atoms with Gasteiger partial charge in [0.2, 0.25) is 5.43 Å². The Kier molecular flexibility index (Phi) is 5.02. The van der Waals surface area contributed by atoms with Crippen molar-refractivity contribution in [1.29, 1.82) is 0 Å². The molecule has 3 aromatic rings. The molecule has 0 radical (unpaired) electrons. The van der Waals surface area contributed by atoms with Crippen LogP contribution < -0.4 is 10.7 Å². The van der Waals surface area contributed by atoms with Crippen molar-refractivity contribution in [2.45, 2.75) is 33.5 Å². The van der Waals surface area contributed by atoms with Gasteiger partial charge in [-0.15, -0.1) is 0 Å². The van der Waals surface area contributed by atoms with E-state index in [-0.39, 0.29) is 29.6 Å². The highest BCUT2D eigenvalue weighted by molar-refractivity contribution is 5.97. The third-order valence-electron chi connectivity index (χ3n) is 4.25. The molecule has 142 valence electrons. The molecule has 1 amide bonds. The Morgan fingerprint density at radius 3 is 2.52 bits per heavy atom. The minimum absolute atomic E-state index is 0.134. The Balaban J connectivity index is 2.01. The lowest BCUT2D eigenvalue weighted by Crippen LogP contribution is -2.29. The fourth-order valence-electron chi connectivity index (χ4n) is 2.82. The molecule has 2 aromatic heterocycles. The molecule has 0 saturated carbocycles. The Labute approximate surface area is 152 Å². The maximum absolute atomic E-state index is 14.1. The van der Waals surface area contributed by atoms with Gasteiger partial charge in [0.15, 0.2) is 17.5 Å². The second-order valence-corrected chi connectivity index (χ2v) is 5.93. The summed E-state index contributed by atoms with van der Waals surface area (Å²) in [6, 6.07) is 0.615. The molecule has 0 atom stereocenters. The number of nitrogens with zero attached hydrogens (tertiary/aromatic N) is 3. The van der Waals surface area contributed by atoms with Crippen LogP contribution >= 0.6 is 0 Å². The number of fused-ring (bicyclic) bond motifs is 1. The van der Waals surface area contributed by atoms with Crippen LogP contribution in [0.2, 0.25) is 0 Å². The fourth-order valence-corrected chi connectivity index (χ4v) is 2.82. The van der Waals surface area contributed by atoms with Crippen molar-refractivity contribution in [1.82, 2.24) is 19.7 Å². The second-order valence-electron chi connectivity index (χ2n) is 5.93. The van der Waals surface area contributed by atoms with Crippen LogP contribution in [0.3, 0.4) is 0 Å². The zero-order valence-electron chi connectivity index (χ0n) is 14.7. The van der Waals surface area contributed by atoms with Crippen LogP contribution in [0.25, 0.3) is 10.9 Å². The number of hydrogen-bond acceptors (Lipinski definition) is 3. The quantitative estimate of drug-likeness (QED) is 0.694. The summed E-state index contributed by atoms with van der Waals surface area (Å²) in [5.74, 6) is -5.29. The van der Waals surface area contributed by atoms with E-state index in [1.165, 1.54) is 4.57 Å². The first-order valence-electron chi connectivity index (χ1n) is 8.37. The van der Waals surface area contributed by atoms with E-state index in [4.69, 9.17) is 0 Å². The van der Waals surface area contributed by atoms with E-state index in [9.17, 15) is 22.8 Å². The smallest absolute Gasteiger partial charge is 0.257 e. The lowest BCUT2D eigenvalue weighted by molar-refractivity contribution is 0.0949. The summed E-state index contributed by atoms with van der Waals surface area (Å²) in [6.07, 6.45) is 4.48. The molecule has 1 aromatic carbocycles. The van der Waals surface area contributed by atoms with E-state index >= 15 is 0 Å². The molecule has 0 aliphatic carbocycles. The molecular formula is C18H17F3N4O2. The van der Waals surface area contributed by atoms with Gasteiger partial charge in [-0.25, -0.2) is 13.2 Å². The molecule has 0 fully saturated rings. The minimum Gasteiger partial charge on any atom is -0.348 e. The molecule has 0 spiro atoms. The van der Waals surface area contributed by atoms with Crippen molar-refractivity contribution in [3.05, 3.63) is 63.5 Å². The fraction of sp³-hybridized carbons (Fsp3) is 0.278. The van der Waals surface area contributed by atoms with Crippen LogP contribution in [0, 0.1) is 17.5 Å². The number of rotatable bonds is 5. The molecule has 27 heavy (non-hydrogen) atoms. The number of hydrogen-bond donors (Lipinski definition) is 1. The van der Waals surface area contributed by atoms with Gasteiger partial charge < -0.3 is 9.88 Å². The molecule has 3 rings (SSSR count). The normalized spacial score (nSPS) is 11.1. The molecular weight excluding hydrogens is 361 g/mol. The maximum atomic E-state index is 14.1. The number of pyridine rings is 1. The van der Waals surface area contributed by atoms with E-state index in [2.05, 4.69) is 10.4 Å². The predicted octanol–water partition coefficient (Wildman–Crippen LogP) is 2.59. The highest BCUT2D eigenvalue weighted by Gasteiger charge is 2.22. The number of nitrogens with one attached hydrogen (secondary N) is 1. The standard InChI is InChI=1S/C18H17F3N4O2/c1-3-24-9-12(18(27)22-6-10-7-23-25(4-2)8-10)17(26)11-5-13(19)14(20)15(21)16(11)24/h5,7-9H,3-4,6H2,1-2H3,(H,22,27). The van der Waals surface area contributed by atoms with Gasteiger partial charge in [-0.05, 0) is 19.9 Å². The molecule has 0 bridgehead atoms. The number of benzene rings is 1. The topological polar surface area (TPSA) is 68.9 Å². The summed E-state index contributed by atoms with van der Waals surface area (Å²) in [4.78, 5) is 25.0. The monoisotopic (exact) mass is 378 g/mol. The first kappa shape index (κ1) is 18.7. The molecule has 0 aliphatic rings. The molecule has 0 unspecified atom stereocenters. The third-order valence-corrected chi connectivity index (χ3v) is 4.25. The van der Waals surface area contributed by atoms with Gasteiger partial charge in [-0.1, -0.05) is 0 Å². The first-order chi connectivity index (χ1) is 12.9. The summed E-state index contributed by atoms with van der Waals surface area (Å²) in [5.41, 5.74) is -0.782. The van der Waals surface area contributed by atoms with Crippen molar-refractivity contribution in [3.8, 4) is 0 Å². The van der Waals surface area contributed by atoms with E-state index < -0.39 is 28.8 Å². The highest BCUT2D eigenvalue weighted by Crippen LogP contribution is 2.21. The first-order valence-corrected chi connectivity index (χ1v) is 8.37. The van der Waals surface area contributed by atoms with Crippen LogP contribution in [-0.2, 0) is 19.6 Å². The number of carbonyl (C=O) groups excluding carboxylic acids is 1.